The Labute approximate surface area is 163 Å². The predicted octanol–water partition coefficient (Wildman–Crippen LogP) is 4.55. The molecule has 3 saturated heterocycles. The molecule has 0 atom stereocenters. The van der Waals surface area contributed by atoms with Crippen LogP contribution in [0.15, 0.2) is 0 Å². The zero-order valence-electron chi connectivity index (χ0n) is 17.8. The van der Waals surface area contributed by atoms with Crippen LogP contribution in [0, 0.1) is 5.41 Å². The van der Waals surface area contributed by atoms with Crippen molar-refractivity contribution in [2.45, 2.75) is 93.4 Å². The van der Waals surface area contributed by atoms with Gasteiger partial charge in [0, 0.05) is 25.2 Å². The second-order valence-corrected chi connectivity index (χ2v) is 9.00. The molecular formula is C18H41B3O5. The van der Waals surface area contributed by atoms with Gasteiger partial charge in [0.2, 0.25) is 0 Å². The highest BCUT2D eigenvalue weighted by Gasteiger charge is 2.48. The summed E-state index contributed by atoms with van der Waals surface area (Å²) in [6.45, 7) is 21.6. The van der Waals surface area contributed by atoms with Crippen molar-refractivity contribution >= 4 is 21.2 Å². The van der Waals surface area contributed by atoms with Crippen molar-refractivity contribution in [3.63, 3.8) is 0 Å². The van der Waals surface area contributed by atoms with E-state index in [2.05, 4.69) is 48.4 Å². The SMILES string of the molecule is C.CB1CCCO1.CB1OC(C)(C)C(C)(C)O1.CB1OCC(C)(C)CO1. The molecule has 0 aromatic rings. The average molecular weight is 370 g/mol. The van der Waals surface area contributed by atoms with Gasteiger partial charge in [-0.2, -0.15) is 0 Å². The van der Waals surface area contributed by atoms with Crippen molar-refractivity contribution in [2.24, 2.45) is 5.41 Å². The minimum absolute atomic E-state index is 0. The van der Waals surface area contributed by atoms with Crippen molar-refractivity contribution in [2.75, 3.05) is 19.8 Å². The Bertz CT molecular complexity index is 372. The highest BCUT2D eigenvalue weighted by Crippen LogP contribution is 2.36. The van der Waals surface area contributed by atoms with Gasteiger partial charge in [0.1, 0.15) is 0 Å². The first-order valence-corrected chi connectivity index (χ1v) is 9.55. The summed E-state index contributed by atoms with van der Waals surface area (Å²) >= 11 is 0. The molecule has 3 rings (SSSR count). The first kappa shape index (κ1) is 26.0. The smallest absolute Gasteiger partial charge is 0.436 e. The molecule has 0 aromatic carbocycles. The summed E-state index contributed by atoms with van der Waals surface area (Å²) in [6.07, 6.45) is 2.53. The lowest BCUT2D eigenvalue weighted by atomic mass is 9.69. The summed E-state index contributed by atoms with van der Waals surface area (Å²) in [7, 11) is -0.0666. The van der Waals surface area contributed by atoms with Crippen LogP contribution in [-0.4, -0.2) is 52.2 Å². The summed E-state index contributed by atoms with van der Waals surface area (Å²) in [5, 5.41) is 0. The fraction of sp³-hybridized carbons (Fsp3) is 1.00. The third-order valence-corrected chi connectivity index (χ3v) is 4.95. The molecule has 0 amide bonds. The molecule has 0 saturated carbocycles. The van der Waals surface area contributed by atoms with Crippen LogP contribution in [0.25, 0.3) is 0 Å². The molecule has 0 aromatic heterocycles. The molecule has 3 aliphatic rings. The molecule has 152 valence electrons. The monoisotopic (exact) mass is 370 g/mol. The predicted molar refractivity (Wildman–Crippen MR) is 113 cm³/mol. The molecule has 5 nitrogen and oxygen atoms in total. The first-order valence-electron chi connectivity index (χ1n) is 9.55. The van der Waals surface area contributed by atoms with Gasteiger partial charge >= 0.3 is 14.2 Å². The van der Waals surface area contributed by atoms with E-state index >= 15 is 0 Å². The summed E-state index contributed by atoms with van der Waals surface area (Å²) in [5.74, 6) is 0. The van der Waals surface area contributed by atoms with Crippen molar-refractivity contribution in [3.8, 4) is 0 Å². The molecule has 0 spiro atoms. The molecule has 0 N–H and O–H groups in total. The summed E-state index contributed by atoms with van der Waals surface area (Å²) in [5.41, 5.74) is -0.106. The van der Waals surface area contributed by atoms with Crippen LogP contribution in [-0.2, 0) is 23.3 Å². The lowest BCUT2D eigenvalue weighted by Crippen LogP contribution is -2.41. The maximum atomic E-state index is 5.54. The van der Waals surface area contributed by atoms with Crippen LogP contribution in [0.2, 0.25) is 26.8 Å². The van der Waals surface area contributed by atoms with E-state index in [4.69, 9.17) is 23.3 Å². The van der Waals surface area contributed by atoms with Gasteiger partial charge in [-0.05, 0) is 54.1 Å². The number of hydrogen-bond donors (Lipinski definition) is 0. The molecule has 0 bridgehead atoms. The lowest BCUT2D eigenvalue weighted by Gasteiger charge is -2.32. The maximum Gasteiger partial charge on any atom is 0.454 e. The second kappa shape index (κ2) is 10.5. The van der Waals surface area contributed by atoms with E-state index in [9.17, 15) is 0 Å². The summed E-state index contributed by atoms with van der Waals surface area (Å²) in [4.78, 5) is 0. The standard InChI is InChI=1S/C7H15BO2.C6H13BO2.C4H9BO.CH4/c1-6(2)7(3,4)10-8(5)9-6;1-6(2)4-8-7(3)9-5-6;1-5-3-2-4-6-5;/h1-5H3;4-5H2,1-3H3;2-4H2,1H3;1H4. The fourth-order valence-electron chi connectivity index (χ4n) is 2.65. The van der Waals surface area contributed by atoms with E-state index in [1.165, 1.54) is 12.7 Å². The largest absolute Gasteiger partial charge is 0.454 e. The number of hydrogen-bond acceptors (Lipinski definition) is 5. The van der Waals surface area contributed by atoms with Gasteiger partial charge in [0.15, 0.2) is 0 Å². The van der Waals surface area contributed by atoms with Gasteiger partial charge < -0.3 is 23.3 Å². The van der Waals surface area contributed by atoms with Gasteiger partial charge in [-0.15, -0.1) is 0 Å². The fourth-order valence-corrected chi connectivity index (χ4v) is 2.65. The maximum absolute atomic E-state index is 5.54. The Morgan fingerprint density at radius 3 is 1.35 bits per heavy atom. The lowest BCUT2D eigenvalue weighted by molar-refractivity contribution is 0.00578. The number of rotatable bonds is 0. The molecule has 26 heavy (non-hydrogen) atoms. The van der Waals surface area contributed by atoms with Gasteiger partial charge in [-0.25, -0.2) is 0 Å². The minimum Gasteiger partial charge on any atom is -0.436 e. The Kier molecular flexibility index (Phi) is 10.5. The third-order valence-electron chi connectivity index (χ3n) is 4.95. The molecule has 0 unspecified atom stereocenters. The summed E-state index contributed by atoms with van der Waals surface area (Å²) < 4.78 is 26.8. The molecular weight excluding hydrogens is 329 g/mol. The van der Waals surface area contributed by atoms with Crippen LogP contribution >= 0.6 is 0 Å². The van der Waals surface area contributed by atoms with Crippen LogP contribution in [0.5, 0.6) is 0 Å². The van der Waals surface area contributed by atoms with Crippen molar-refractivity contribution in [1.29, 1.82) is 0 Å². The first-order chi connectivity index (χ1) is 11.3. The Morgan fingerprint density at radius 2 is 1.15 bits per heavy atom. The van der Waals surface area contributed by atoms with E-state index in [0.717, 1.165) is 19.8 Å². The molecule has 8 heteroatoms. The highest BCUT2D eigenvalue weighted by molar-refractivity contribution is 6.50. The summed E-state index contributed by atoms with van der Waals surface area (Å²) in [6, 6.07) is 0. The van der Waals surface area contributed by atoms with Crippen LogP contribution in [0.3, 0.4) is 0 Å². The normalized spacial score (nSPS) is 25.5. The van der Waals surface area contributed by atoms with E-state index in [1.54, 1.807) is 0 Å². The second-order valence-electron chi connectivity index (χ2n) is 9.00. The van der Waals surface area contributed by atoms with Gasteiger partial charge in [-0.3, -0.25) is 0 Å². The van der Waals surface area contributed by atoms with Gasteiger partial charge in [0.05, 0.1) is 11.2 Å². The highest BCUT2D eigenvalue weighted by atomic mass is 16.7. The molecule has 3 fully saturated rings. The third kappa shape index (κ3) is 8.79. The van der Waals surface area contributed by atoms with E-state index in [-0.39, 0.29) is 38.3 Å². The van der Waals surface area contributed by atoms with Crippen molar-refractivity contribution < 1.29 is 23.3 Å². The van der Waals surface area contributed by atoms with Crippen molar-refractivity contribution in [1.82, 2.24) is 0 Å². The molecule has 0 aliphatic carbocycles. The quantitative estimate of drug-likeness (QED) is 0.586. The van der Waals surface area contributed by atoms with Crippen LogP contribution < -0.4 is 0 Å². The van der Waals surface area contributed by atoms with E-state index in [0.29, 0.717) is 6.92 Å². The topological polar surface area (TPSA) is 46.2 Å². The van der Waals surface area contributed by atoms with Gasteiger partial charge in [-0.1, -0.05) is 28.1 Å². The van der Waals surface area contributed by atoms with Crippen LogP contribution in [0.4, 0.5) is 0 Å². The zero-order chi connectivity index (χ0) is 19.3. The average Bonchev–Trinajstić information content (AvgIpc) is 2.99. The Hall–Kier alpha value is -0.00519. The molecule has 3 aliphatic heterocycles. The Morgan fingerprint density at radius 1 is 0.692 bits per heavy atom. The van der Waals surface area contributed by atoms with Crippen molar-refractivity contribution in [3.05, 3.63) is 0 Å². The Balaban J connectivity index is 0.000000364. The zero-order valence-corrected chi connectivity index (χ0v) is 17.8. The van der Waals surface area contributed by atoms with E-state index < -0.39 is 0 Å². The van der Waals surface area contributed by atoms with E-state index in [1.807, 2.05) is 13.6 Å². The molecule has 0 radical (unpaired) electrons. The van der Waals surface area contributed by atoms with Gasteiger partial charge in [0.25, 0.3) is 6.92 Å². The van der Waals surface area contributed by atoms with Crippen LogP contribution in [0.1, 0.15) is 55.4 Å². The molecule has 3 heterocycles. The minimum atomic E-state index is -0.160.